The van der Waals surface area contributed by atoms with Gasteiger partial charge in [0.15, 0.2) is 0 Å². The van der Waals surface area contributed by atoms with Gasteiger partial charge >= 0.3 is 5.97 Å². The molecule has 220 valence electrons. The van der Waals surface area contributed by atoms with Crippen LogP contribution in [0.3, 0.4) is 0 Å². The van der Waals surface area contributed by atoms with E-state index in [1.807, 2.05) is 12.1 Å². The maximum absolute atomic E-state index is 14.1. The second kappa shape index (κ2) is 13.3. The SMILES string of the molecule is COC(=O)Cc1ccc(CONC(=O)[C@@H]2c3ccccc3C(=O)N([C@H]3CCCC[C@@H]3O)[C@H]2c2ccc(Cl)cc2Cl)cc1. The second-order valence-electron chi connectivity index (χ2n) is 10.6. The van der Waals surface area contributed by atoms with Gasteiger partial charge in [-0.3, -0.25) is 19.2 Å². The highest BCUT2D eigenvalue weighted by Gasteiger charge is 2.49. The number of halogens is 2. The topological polar surface area (TPSA) is 105 Å². The largest absolute Gasteiger partial charge is 0.469 e. The van der Waals surface area contributed by atoms with Crippen molar-refractivity contribution in [2.75, 3.05) is 7.11 Å². The van der Waals surface area contributed by atoms with Crippen LogP contribution in [0.5, 0.6) is 0 Å². The molecule has 2 aliphatic rings. The molecule has 1 aliphatic heterocycles. The fourth-order valence-corrected chi connectivity index (χ4v) is 6.45. The molecule has 3 aromatic carbocycles. The number of nitrogens with one attached hydrogen (secondary N) is 1. The normalized spacial score (nSPS) is 21.9. The number of hydrogen-bond acceptors (Lipinski definition) is 6. The molecule has 1 aliphatic carbocycles. The Kier molecular flexibility index (Phi) is 9.48. The van der Waals surface area contributed by atoms with Crippen molar-refractivity contribution in [3.63, 3.8) is 0 Å². The Morgan fingerprint density at radius 2 is 1.69 bits per heavy atom. The molecule has 5 rings (SSSR count). The van der Waals surface area contributed by atoms with Crippen molar-refractivity contribution >= 4 is 41.0 Å². The van der Waals surface area contributed by atoms with E-state index < -0.39 is 30.0 Å². The average molecular weight is 612 g/mol. The number of methoxy groups -OCH3 is 1. The maximum Gasteiger partial charge on any atom is 0.309 e. The lowest BCUT2D eigenvalue weighted by Crippen LogP contribution is -2.55. The Balaban J connectivity index is 1.46. The van der Waals surface area contributed by atoms with Gasteiger partial charge in [0, 0.05) is 15.6 Å². The van der Waals surface area contributed by atoms with Gasteiger partial charge in [-0.15, -0.1) is 0 Å². The van der Waals surface area contributed by atoms with Crippen LogP contribution in [0.25, 0.3) is 0 Å². The summed E-state index contributed by atoms with van der Waals surface area (Å²) in [6.07, 6.45) is 2.32. The molecule has 0 unspecified atom stereocenters. The van der Waals surface area contributed by atoms with Crippen molar-refractivity contribution in [1.82, 2.24) is 10.4 Å². The zero-order valence-corrected chi connectivity index (χ0v) is 24.6. The predicted octanol–water partition coefficient (Wildman–Crippen LogP) is 5.54. The van der Waals surface area contributed by atoms with E-state index in [0.29, 0.717) is 39.6 Å². The minimum Gasteiger partial charge on any atom is -0.469 e. The lowest BCUT2D eigenvalue weighted by molar-refractivity contribution is -0.140. The molecular weight excluding hydrogens is 579 g/mol. The van der Waals surface area contributed by atoms with Crippen LogP contribution >= 0.6 is 23.2 Å². The number of hydroxylamine groups is 1. The van der Waals surface area contributed by atoms with Gasteiger partial charge in [0.2, 0.25) is 0 Å². The number of benzene rings is 3. The Morgan fingerprint density at radius 1 is 0.976 bits per heavy atom. The molecule has 0 radical (unpaired) electrons. The summed E-state index contributed by atoms with van der Waals surface area (Å²) in [5.41, 5.74) is 5.69. The molecule has 0 aromatic heterocycles. The van der Waals surface area contributed by atoms with Crippen molar-refractivity contribution in [3.8, 4) is 0 Å². The molecule has 3 aromatic rings. The predicted molar refractivity (Wildman–Crippen MR) is 158 cm³/mol. The summed E-state index contributed by atoms with van der Waals surface area (Å²) in [5, 5.41) is 11.8. The number of carbonyl (C=O) groups is 3. The number of aliphatic hydroxyl groups excluding tert-OH is 1. The first kappa shape index (κ1) is 30.0. The smallest absolute Gasteiger partial charge is 0.309 e. The van der Waals surface area contributed by atoms with Crippen molar-refractivity contribution in [2.45, 2.75) is 62.8 Å². The standard InChI is InChI=1S/C32H32Cl2N2O6/c1-41-28(38)16-19-10-12-20(13-11-19)18-42-35-31(39)29-22-6-2-3-7-23(22)32(40)36(26-8-4-5-9-27(26)37)30(29)24-15-14-21(33)17-25(24)34/h2-3,6-7,10-15,17,26-27,29-30,37H,4-5,8-9,16,18H2,1H3,(H,35,39)/t26-,27-,29+,30-/m0/s1. The van der Waals surface area contributed by atoms with Crippen LogP contribution in [0.2, 0.25) is 10.0 Å². The number of nitrogens with zero attached hydrogens (tertiary/aromatic N) is 1. The molecule has 10 heteroatoms. The first-order chi connectivity index (χ1) is 20.3. The zero-order chi connectivity index (χ0) is 29.8. The van der Waals surface area contributed by atoms with E-state index in [1.165, 1.54) is 7.11 Å². The fraction of sp³-hybridized carbons (Fsp3) is 0.344. The Hall–Kier alpha value is -3.43. The molecule has 2 amide bonds. The fourth-order valence-electron chi connectivity index (χ4n) is 5.93. The monoisotopic (exact) mass is 610 g/mol. The number of hydrogen-bond donors (Lipinski definition) is 2. The van der Waals surface area contributed by atoms with Gasteiger partial charge in [-0.1, -0.05) is 84.6 Å². The highest BCUT2D eigenvalue weighted by atomic mass is 35.5. The molecule has 1 heterocycles. The molecular formula is C32H32Cl2N2O6. The maximum atomic E-state index is 14.1. The summed E-state index contributed by atoms with van der Waals surface area (Å²) in [6, 6.07) is 17.9. The minimum absolute atomic E-state index is 0.0783. The third-order valence-electron chi connectivity index (χ3n) is 8.00. The van der Waals surface area contributed by atoms with Crippen LogP contribution in [0.4, 0.5) is 0 Å². The molecule has 2 N–H and O–H groups in total. The summed E-state index contributed by atoms with van der Waals surface area (Å²) < 4.78 is 4.71. The number of esters is 1. The van der Waals surface area contributed by atoms with Gasteiger partial charge in [-0.2, -0.15) is 0 Å². The highest BCUT2D eigenvalue weighted by molar-refractivity contribution is 6.35. The van der Waals surface area contributed by atoms with Crippen molar-refractivity contribution in [2.24, 2.45) is 0 Å². The van der Waals surface area contributed by atoms with E-state index in [1.54, 1.807) is 59.5 Å². The van der Waals surface area contributed by atoms with E-state index in [-0.39, 0.29) is 24.9 Å². The van der Waals surface area contributed by atoms with Crippen molar-refractivity contribution in [1.29, 1.82) is 0 Å². The number of aliphatic hydroxyl groups is 1. The molecule has 1 saturated carbocycles. The lowest BCUT2D eigenvalue weighted by atomic mass is 9.77. The molecule has 0 spiro atoms. The van der Waals surface area contributed by atoms with E-state index in [2.05, 4.69) is 5.48 Å². The first-order valence-corrected chi connectivity index (χ1v) is 14.6. The molecule has 4 atom stereocenters. The van der Waals surface area contributed by atoms with Crippen LogP contribution in [0.15, 0.2) is 66.7 Å². The third-order valence-corrected chi connectivity index (χ3v) is 8.56. The molecule has 1 fully saturated rings. The number of rotatable bonds is 8. The minimum atomic E-state index is -0.880. The Bertz CT molecular complexity index is 1460. The van der Waals surface area contributed by atoms with Gasteiger partial charge < -0.3 is 14.7 Å². The Labute approximate surface area is 254 Å². The van der Waals surface area contributed by atoms with Crippen LogP contribution in [0.1, 0.15) is 70.3 Å². The van der Waals surface area contributed by atoms with E-state index >= 15 is 0 Å². The van der Waals surface area contributed by atoms with Crippen LogP contribution in [-0.2, 0) is 32.2 Å². The third kappa shape index (κ3) is 6.32. The van der Waals surface area contributed by atoms with E-state index in [4.69, 9.17) is 32.8 Å². The summed E-state index contributed by atoms with van der Waals surface area (Å²) in [5.74, 6) is -1.93. The van der Waals surface area contributed by atoms with E-state index in [0.717, 1.165) is 24.0 Å². The highest BCUT2D eigenvalue weighted by Crippen LogP contribution is 2.47. The van der Waals surface area contributed by atoms with E-state index in [9.17, 15) is 19.5 Å². The summed E-state index contributed by atoms with van der Waals surface area (Å²) in [7, 11) is 1.34. The van der Waals surface area contributed by atoms with Crippen molar-refractivity contribution < 1.29 is 29.1 Å². The van der Waals surface area contributed by atoms with Gasteiger partial charge in [0.05, 0.1) is 44.2 Å². The molecule has 42 heavy (non-hydrogen) atoms. The summed E-state index contributed by atoms with van der Waals surface area (Å²) in [6.45, 7) is 0.0783. The summed E-state index contributed by atoms with van der Waals surface area (Å²) in [4.78, 5) is 46.9. The lowest BCUT2D eigenvalue weighted by Gasteiger charge is -2.48. The summed E-state index contributed by atoms with van der Waals surface area (Å²) >= 11 is 12.9. The Morgan fingerprint density at radius 3 is 2.40 bits per heavy atom. The second-order valence-corrected chi connectivity index (χ2v) is 11.5. The van der Waals surface area contributed by atoms with Crippen molar-refractivity contribution in [3.05, 3.63) is 105 Å². The van der Waals surface area contributed by atoms with Gasteiger partial charge in [-0.05, 0) is 53.3 Å². The first-order valence-electron chi connectivity index (χ1n) is 13.9. The number of ether oxygens (including phenoxy) is 1. The van der Waals surface area contributed by atoms with Gasteiger partial charge in [0.1, 0.15) is 0 Å². The van der Waals surface area contributed by atoms with Crippen LogP contribution < -0.4 is 5.48 Å². The molecule has 0 bridgehead atoms. The van der Waals surface area contributed by atoms with Gasteiger partial charge in [-0.25, -0.2) is 5.48 Å². The quantitative estimate of drug-likeness (QED) is 0.256. The average Bonchev–Trinajstić information content (AvgIpc) is 2.98. The molecule has 0 saturated heterocycles. The number of carbonyl (C=O) groups excluding carboxylic acids is 3. The van der Waals surface area contributed by atoms with Crippen LogP contribution in [0, 0.1) is 0 Å². The molecule has 8 nitrogen and oxygen atoms in total. The number of amides is 2. The van der Waals surface area contributed by atoms with Crippen LogP contribution in [-0.4, -0.2) is 47.0 Å². The zero-order valence-electron chi connectivity index (χ0n) is 23.1. The number of fused-ring (bicyclic) bond motifs is 1. The van der Waals surface area contributed by atoms with Gasteiger partial charge in [0.25, 0.3) is 11.8 Å².